The Hall–Kier alpha value is -2.67. The van der Waals surface area contributed by atoms with Gasteiger partial charge in [-0.25, -0.2) is 0 Å². The Morgan fingerprint density at radius 1 is 1.12 bits per heavy atom. The van der Waals surface area contributed by atoms with Crippen LogP contribution >= 0.6 is 15.9 Å². The van der Waals surface area contributed by atoms with E-state index in [-0.39, 0.29) is 18.2 Å². The van der Waals surface area contributed by atoms with Crippen LogP contribution in [0.2, 0.25) is 0 Å². The number of hydrogen-bond acceptors (Lipinski definition) is 3. The fraction of sp³-hybridized carbons (Fsp3) is 0.167. The van der Waals surface area contributed by atoms with Crippen molar-refractivity contribution in [1.82, 2.24) is 0 Å². The number of carbonyl (C=O) groups is 3. The molecule has 0 aromatic heterocycles. The second kappa shape index (κ2) is 7.06. The van der Waals surface area contributed by atoms with Gasteiger partial charge in [0.2, 0.25) is 17.7 Å². The van der Waals surface area contributed by atoms with Crippen LogP contribution in [0.4, 0.5) is 11.4 Å². The first-order valence-corrected chi connectivity index (χ1v) is 8.50. The van der Waals surface area contributed by atoms with Crippen molar-refractivity contribution in [3.8, 4) is 0 Å². The minimum atomic E-state index is -0.525. The minimum absolute atomic E-state index is 0.0869. The summed E-state index contributed by atoms with van der Waals surface area (Å²) >= 11 is 3.43. The van der Waals surface area contributed by atoms with Gasteiger partial charge in [-0.2, -0.15) is 0 Å². The van der Waals surface area contributed by atoms with Gasteiger partial charge in [0.05, 0.1) is 11.6 Å². The van der Waals surface area contributed by atoms with Gasteiger partial charge >= 0.3 is 0 Å². The molecular formula is C18H16BrN3O3. The maximum Gasteiger partial charge on any atom is 0.248 e. The highest BCUT2D eigenvalue weighted by atomic mass is 79.9. The molecule has 0 aliphatic carbocycles. The molecule has 0 bridgehead atoms. The van der Waals surface area contributed by atoms with Crippen LogP contribution in [-0.2, 0) is 9.59 Å². The molecule has 1 unspecified atom stereocenters. The van der Waals surface area contributed by atoms with E-state index in [1.165, 1.54) is 0 Å². The van der Waals surface area contributed by atoms with Gasteiger partial charge in [-0.05, 0) is 52.3 Å². The fourth-order valence-corrected chi connectivity index (χ4v) is 3.25. The van der Waals surface area contributed by atoms with E-state index in [2.05, 4.69) is 21.2 Å². The van der Waals surface area contributed by atoms with Crippen molar-refractivity contribution in [3.05, 3.63) is 58.6 Å². The number of nitrogens with one attached hydrogen (secondary N) is 1. The molecule has 2 aromatic rings. The van der Waals surface area contributed by atoms with Crippen LogP contribution in [0.25, 0.3) is 0 Å². The molecule has 1 atom stereocenters. The number of anilines is 2. The summed E-state index contributed by atoms with van der Waals surface area (Å²) < 4.78 is 0.812. The lowest BCUT2D eigenvalue weighted by Crippen LogP contribution is -2.28. The molecule has 1 saturated heterocycles. The number of primary amides is 1. The van der Waals surface area contributed by atoms with E-state index in [9.17, 15) is 14.4 Å². The Kier molecular flexibility index (Phi) is 4.85. The number of benzene rings is 2. The standard InChI is InChI=1S/C18H16BrN3O3/c19-14-3-1-2-4-15(14)22-10-12(9-16(22)23)18(25)21-13-7-5-11(6-8-13)17(20)24/h1-8,12H,9-10H2,(H2,20,24)(H,21,25). The average molecular weight is 402 g/mol. The zero-order valence-electron chi connectivity index (χ0n) is 13.2. The van der Waals surface area contributed by atoms with Gasteiger partial charge < -0.3 is 16.0 Å². The summed E-state index contributed by atoms with van der Waals surface area (Å²) in [4.78, 5) is 37.4. The third-order valence-electron chi connectivity index (χ3n) is 4.08. The number of carbonyl (C=O) groups excluding carboxylic acids is 3. The van der Waals surface area contributed by atoms with Crippen molar-refractivity contribution in [2.75, 3.05) is 16.8 Å². The highest BCUT2D eigenvalue weighted by molar-refractivity contribution is 9.10. The summed E-state index contributed by atoms with van der Waals surface area (Å²) in [6, 6.07) is 13.7. The van der Waals surface area contributed by atoms with E-state index < -0.39 is 11.8 Å². The van der Waals surface area contributed by atoms with Crippen LogP contribution < -0.4 is 16.0 Å². The molecule has 0 saturated carbocycles. The lowest BCUT2D eigenvalue weighted by molar-refractivity contribution is -0.122. The highest BCUT2D eigenvalue weighted by Crippen LogP contribution is 2.31. The Labute approximate surface area is 153 Å². The number of nitrogens with zero attached hydrogens (tertiary/aromatic N) is 1. The second-order valence-corrected chi connectivity index (χ2v) is 6.64. The third-order valence-corrected chi connectivity index (χ3v) is 4.75. The van der Waals surface area contributed by atoms with Gasteiger partial charge in [0.15, 0.2) is 0 Å². The van der Waals surface area contributed by atoms with E-state index >= 15 is 0 Å². The van der Waals surface area contributed by atoms with Crippen LogP contribution in [0.1, 0.15) is 16.8 Å². The lowest BCUT2D eigenvalue weighted by atomic mass is 10.1. The maximum absolute atomic E-state index is 12.4. The van der Waals surface area contributed by atoms with E-state index in [0.717, 1.165) is 10.2 Å². The van der Waals surface area contributed by atoms with Crippen molar-refractivity contribution in [2.24, 2.45) is 11.7 Å². The van der Waals surface area contributed by atoms with Crippen LogP contribution in [0.15, 0.2) is 53.0 Å². The fourth-order valence-electron chi connectivity index (χ4n) is 2.75. The Bertz CT molecular complexity index is 836. The van der Waals surface area contributed by atoms with Crippen molar-refractivity contribution in [1.29, 1.82) is 0 Å². The summed E-state index contributed by atoms with van der Waals surface area (Å²) in [5, 5.41) is 2.78. The summed E-state index contributed by atoms with van der Waals surface area (Å²) in [7, 11) is 0. The predicted molar refractivity (Wildman–Crippen MR) is 98.2 cm³/mol. The van der Waals surface area contributed by atoms with Crippen LogP contribution in [-0.4, -0.2) is 24.3 Å². The summed E-state index contributed by atoms with van der Waals surface area (Å²) in [5.41, 5.74) is 6.87. The summed E-state index contributed by atoms with van der Waals surface area (Å²) in [6.45, 7) is 0.326. The van der Waals surface area contributed by atoms with Crippen LogP contribution in [0.3, 0.4) is 0 Å². The molecular weight excluding hydrogens is 386 g/mol. The molecule has 3 N–H and O–H groups in total. The van der Waals surface area contributed by atoms with Gasteiger partial charge in [-0.1, -0.05) is 12.1 Å². The van der Waals surface area contributed by atoms with Crippen molar-refractivity contribution in [2.45, 2.75) is 6.42 Å². The number of amides is 3. The maximum atomic E-state index is 12.4. The molecule has 128 valence electrons. The quantitative estimate of drug-likeness (QED) is 0.823. The summed E-state index contributed by atoms with van der Waals surface area (Å²) in [6.07, 6.45) is 0.159. The molecule has 1 fully saturated rings. The third kappa shape index (κ3) is 3.71. The molecule has 6 nitrogen and oxygen atoms in total. The number of halogens is 1. The van der Waals surface area contributed by atoms with Gasteiger partial charge in [-0.3, -0.25) is 14.4 Å². The van der Waals surface area contributed by atoms with Crippen molar-refractivity contribution >= 4 is 45.0 Å². The number of rotatable bonds is 4. The summed E-state index contributed by atoms with van der Waals surface area (Å²) in [5.74, 6) is -1.27. The molecule has 2 aromatic carbocycles. The van der Waals surface area contributed by atoms with Gasteiger partial charge in [0.25, 0.3) is 0 Å². The topological polar surface area (TPSA) is 92.5 Å². The second-order valence-electron chi connectivity index (χ2n) is 5.79. The normalized spacial score (nSPS) is 16.8. The lowest BCUT2D eigenvalue weighted by Gasteiger charge is -2.18. The number of hydrogen-bond donors (Lipinski definition) is 2. The molecule has 1 aliphatic heterocycles. The Morgan fingerprint density at radius 3 is 2.44 bits per heavy atom. The smallest absolute Gasteiger partial charge is 0.248 e. The zero-order valence-corrected chi connectivity index (χ0v) is 14.8. The minimum Gasteiger partial charge on any atom is -0.366 e. The molecule has 0 radical (unpaired) electrons. The van der Waals surface area contributed by atoms with Crippen LogP contribution in [0, 0.1) is 5.92 Å². The van der Waals surface area contributed by atoms with Crippen molar-refractivity contribution in [3.63, 3.8) is 0 Å². The monoisotopic (exact) mass is 401 g/mol. The van der Waals surface area contributed by atoms with E-state index in [1.807, 2.05) is 24.3 Å². The van der Waals surface area contributed by atoms with E-state index in [1.54, 1.807) is 29.2 Å². The zero-order chi connectivity index (χ0) is 18.0. The highest BCUT2D eigenvalue weighted by Gasteiger charge is 2.35. The molecule has 1 aliphatic rings. The van der Waals surface area contributed by atoms with E-state index in [0.29, 0.717) is 17.8 Å². The molecule has 3 amide bonds. The van der Waals surface area contributed by atoms with Gasteiger partial charge in [0.1, 0.15) is 0 Å². The van der Waals surface area contributed by atoms with Crippen LogP contribution in [0.5, 0.6) is 0 Å². The first kappa shape index (κ1) is 17.2. The number of para-hydroxylation sites is 1. The number of nitrogens with two attached hydrogens (primary N) is 1. The molecule has 25 heavy (non-hydrogen) atoms. The van der Waals surface area contributed by atoms with Gasteiger partial charge in [0, 0.05) is 28.7 Å². The van der Waals surface area contributed by atoms with Crippen molar-refractivity contribution < 1.29 is 14.4 Å². The SMILES string of the molecule is NC(=O)c1ccc(NC(=O)C2CC(=O)N(c3ccccc3Br)C2)cc1. The Morgan fingerprint density at radius 2 is 1.80 bits per heavy atom. The molecule has 0 spiro atoms. The Balaban J connectivity index is 1.68. The van der Waals surface area contributed by atoms with Gasteiger partial charge in [-0.15, -0.1) is 0 Å². The largest absolute Gasteiger partial charge is 0.366 e. The first-order valence-electron chi connectivity index (χ1n) is 7.71. The molecule has 3 rings (SSSR count). The first-order chi connectivity index (χ1) is 12.0. The average Bonchev–Trinajstić information content (AvgIpc) is 2.97. The molecule has 7 heteroatoms. The predicted octanol–water partition coefficient (Wildman–Crippen LogP) is 2.54. The van der Waals surface area contributed by atoms with E-state index in [4.69, 9.17) is 5.73 Å². The molecule has 1 heterocycles.